The van der Waals surface area contributed by atoms with Gasteiger partial charge < -0.3 is 19.9 Å². The summed E-state index contributed by atoms with van der Waals surface area (Å²) >= 11 is 0. The Morgan fingerprint density at radius 2 is 1.77 bits per heavy atom. The molecule has 1 aromatic carbocycles. The van der Waals surface area contributed by atoms with Crippen molar-refractivity contribution in [3.8, 4) is 5.75 Å². The van der Waals surface area contributed by atoms with E-state index in [9.17, 15) is 0 Å². The third-order valence-corrected chi connectivity index (χ3v) is 6.87. The molecule has 2 aliphatic rings. The molecule has 0 bridgehead atoms. The van der Waals surface area contributed by atoms with Crippen molar-refractivity contribution in [2.75, 3.05) is 72.8 Å². The van der Waals surface area contributed by atoms with Crippen LogP contribution in [-0.4, -0.2) is 94.9 Å². The molecule has 3 rings (SSSR count). The van der Waals surface area contributed by atoms with E-state index in [4.69, 9.17) is 24.9 Å². The molecule has 35 heavy (non-hydrogen) atoms. The molecule has 2 heterocycles. The molecule has 1 saturated heterocycles. The zero-order valence-electron chi connectivity index (χ0n) is 21.9. The molecule has 0 saturated carbocycles. The predicted octanol–water partition coefficient (Wildman–Crippen LogP) is 3.31. The van der Waals surface area contributed by atoms with E-state index in [1.54, 1.807) is 7.11 Å². The van der Waals surface area contributed by atoms with Crippen LogP contribution in [0.4, 0.5) is 0 Å². The average molecular weight is 487 g/mol. The first-order chi connectivity index (χ1) is 17.2. The second-order valence-corrected chi connectivity index (χ2v) is 9.49. The van der Waals surface area contributed by atoms with Crippen molar-refractivity contribution < 1.29 is 14.2 Å². The second kappa shape index (κ2) is 16.1. The largest absolute Gasteiger partial charge is 0.496 e. The van der Waals surface area contributed by atoms with Crippen molar-refractivity contribution in [2.45, 2.75) is 51.6 Å². The fourth-order valence-electron chi connectivity index (χ4n) is 4.75. The van der Waals surface area contributed by atoms with Gasteiger partial charge in [-0.3, -0.25) is 14.8 Å². The molecule has 196 valence electrons. The number of hydrogen-bond acceptors (Lipinski definition) is 7. The van der Waals surface area contributed by atoms with Gasteiger partial charge in [0, 0.05) is 58.4 Å². The summed E-state index contributed by atoms with van der Waals surface area (Å²) in [6.07, 6.45) is 10.1. The molecule has 0 spiro atoms. The van der Waals surface area contributed by atoms with E-state index in [1.165, 1.54) is 36.0 Å². The molecular weight excluding hydrogens is 440 g/mol. The Hall–Kier alpha value is -1.77. The first kappa shape index (κ1) is 27.8. The molecule has 0 aliphatic carbocycles. The lowest BCUT2D eigenvalue weighted by Gasteiger charge is -2.34. The van der Waals surface area contributed by atoms with Gasteiger partial charge in [-0.15, -0.1) is 0 Å². The topological polar surface area (TPSA) is 72.5 Å². The van der Waals surface area contributed by atoms with Crippen molar-refractivity contribution in [2.24, 2.45) is 10.7 Å². The molecule has 7 heteroatoms. The van der Waals surface area contributed by atoms with Crippen LogP contribution in [0.5, 0.6) is 5.75 Å². The molecule has 1 atom stereocenters. The summed E-state index contributed by atoms with van der Waals surface area (Å²) in [4.78, 5) is 9.74. The number of piperazine rings is 1. The average Bonchev–Trinajstić information content (AvgIpc) is 3.32. The van der Waals surface area contributed by atoms with Crippen molar-refractivity contribution in [1.29, 1.82) is 0 Å². The van der Waals surface area contributed by atoms with Gasteiger partial charge >= 0.3 is 0 Å². The Morgan fingerprint density at radius 1 is 1.00 bits per heavy atom. The fourth-order valence-corrected chi connectivity index (χ4v) is 4.75. The van der Waals surface area contributed by atoms with E-state index in [0.29, 0.717) is 26.4 Å². The van der Waals surface area contributed by atoms with Gasteiger partial charge in [0.25, 0.3) is 0 Å². The monoisotopic (exact) mass is 486 g/mol. The van der Waals surface area contributed by atoms with Gasteiger partial charge in [-0.1, -0.05) is 31.9 Å². The van der Waals surface area contributed by atoms with Gasteiger partial charge in [0.05, 0.1) is 39.6 Å². The number of ether oxygens (including phenoxy) is 3. The zero-order chi connectivity index (χ0) is 24.7. The maximum atomic E-state index is 5.79. The quantitative estimate of drug-likeness (QED) is 0.341. The van der Waals surface area contributed by atoms with E-state index in [1.807, 2.05) is 6.21 Å². The van der Waals surface area contributed by atoms with Crippen LogP contribution >= 0.6 is 0 Å². The van der Waals surface area contributed by atoms with Crippen LogP contribution in [-0.2, 0) is 22.4 Å². The Bertz CT molecular complexity index is 790. The predicted molar refractivity (Wildman–Crippen MR) is 144 cm³/mol. The summed E-state index contributed by atoms with van der Waals surface area (Å²) in [7, 11) is 1.78. The number of nitrogens with zero attached hydrogens (tertiary/aromatic N) is 3. The fraction of sp³-hybridized carbons (Fsp3) is 0.679. The number of methoxy groups -OCH3 is 1. The standard InChI is InChI=1S/C28H46N4O3/c1-3-4-5-6-25-9-11-30-27(25)22-26-8-7-24(21-28(26)33-2)23-32-14-12-31(13-15-32)16-18-35-20-19-34-17-10-29/h7-9,11,21,27H,3-6,10,12-20,22-23,29H2,1-2H3. The third-order valence-electron chi connectivity index (χ3n) is 6.87. The van der Waals surface area contributed by atoms with Crippen LogP contribution in [0.15, 0.2) is 34.8 Å². The minimum Gasteiger partial charge on any atom is -0.496 e. The van der Waals surface area contributed by atoms with Crippen molar-refractivity contribution >= 4 is 6.21 Å². The number of aliphatic imine (C=N–C) groups is 1. The Morgan fingerprint density at radius 3 is 2.51 bits per heavy atom. The highest BCUT2D eigenvalue weighted by Crippen LogP contribution is 2.28. The van der Waals surface area contributed by atoms with Crippen LogP contribution in [0, 0.1) is 0 Å². The Kier molecular flexibility index (Phi) is 12.8. The lowest BCUT2D eigenvalue weighted by atomic mass is 9.95. The van der Waals surface area contributed by atoms with E-state index in [-0.39, 0.29) is 6.04 Å². The maximum absolute atomic E-state index is 5.79. The summed E-state index contributed by atoms with van der Waals surface area (Å²) in [5, 5.41) is 0. The first-order valence-corrected chi connectivity index (χ1v) is 13.4. The lowest BCUT2D eigenvalue weighted by Crippen LogP contribution is -2.46. The summed E-state index contributed by atoms with van der Waals surface area (Å²) < 4.78 is 16.8. The van der Waals surface area contributed by atoms with Gasteiger partial charge in [-0.2, -0.15) is 0 Å². The molecule has 0 aromatic heterocycles. The summed E-state index contributed by atoms with van der Waals surface area (Å²) in [6, 6.07) is 7.00. The summed E-state index contributed by atoms with van der Waals surface area (Å²) in [6.45, 7) is 11.7. The number of benzene rings is 1. The van der Waals surface area contributed by atoms with Gasteiger partial charge in [-0.25, -0.2) is 0 Å². The van der Waals surface area contributed by atoms with Gasteiger partial charge in [0.2, 0.25) is 0 Å². The molecule has 2 aliphatic heterocycles. The summed E-state index contributed by atoms with van der Waals surface area (Å²) in [5.41, 5.74) is 9.44. The molecule has 1 aromatic rings. The number of rotatable bonds is 17. The first-order valence-electron chi connectivity index (χ1n) is 13.4. The highest BCUT2D eigenvalue weighted by molar-refractivity contribution is 5.76. The second-order valence-electron chi connectivity index (χ2n) is 9.49. The van der Waals surface area contributed by atoms with Gasteiger partial charge in [0.1, 0.15) is 5.75 Å². The Balaban J connectivity index is 1.40. The van der Waals surface area contributed by atoms with Crippen LogP contribution in [0.25, 0.3) is 0 Å². The number of hydrogen-bond donors (Lipinski definition) is 1. The van der Waals surface area contributed by atoms with Crippen molar-refractivity contribution in [3.05, 3.63) is 41.0 Å². The van der Waals surface area contributed by atoms with Crippen molar-refractivity contribution in [1.82, 2.24) is 9.80 Å². The summed E-state index contributed by atoms with van der Waals surface area (Å²) in [5.74, 6) is 0.990. The van der Waals surface area contributed by atoms with Gasteiger partial charge in [-0.05, 0) is 41.7 Å². The molecule has 0 radical (unpaired) electrons. The lowest BCUT2D eigenvalue weighted by molar-refractivity contribution is 0.0332. The normalized spacial score (nSPS) is 18.8. The molecule has 0 amide bonds. The minimum absolute atomic E-state index is 0.266. The smallest absolute Gasteiger partial charge is 0.122 e. The molecule has 2 N–H and O–H groups in total. The molecule has 1 unspecified atom stereocenters. The van der Waals surface area contributed by atoms with Crippen molar-refractivity contribution in [3.63, 3.8) is 0 Å². The highest BCUT2D eigenvalue weighted by Gasteiger charge is 2.20. The highest BCUT2D eigenvalue weighted by atomic mass is 16.5. The SMILES string of the molecule is CCCCCC1=CC=NC1Cc1ccc(CN2CCN(CCOCCOCCN)CC2)cc1OC. The molecule has 1 fully saturated rings. The number of allylic oxidation sites excluding steroid dienone is 1. The number of unbranched alkanes of at least 4 members (excludes halogenated alkanes) is 2. The van der Waals surface area contributed by atoms with Crippen LogP contribution < -0.4 is 10.5 Å². The zero-order valence-corrected chi connectivity index (χ0v) is 21.9. The molecular formula is C28H46N4O3. The Labute approximate surface area is 212 Å². The molecule has 7 nitrogen and oxygen atoms in total. The minimum atomic E-state index is 0.266. The number of nitrogens with two attached hydrogens (primary N) is 1. The van der Waals surface area contributed by atoms with Crippen LogP contribution in [0.2, 0.25) is 0 Å². The van der Waals surface area contributed by atoms with Crippen LogP contribution in [0.3, 0.4) is 0 Å². The maximum Gasteiger partial charge on any atom is 0.122 e. The van der Waals surface area contributed by atoms with E-state index >= 15 is 0 Å². The van der Waals surface area contributed by atoms with E-state index in [0.717, 1.165) is 64.5 Å². The van der Waals surface area contributed by atoms with Gasteiger partial charge in [0.15, 0.2) is 0 Å². The van der Waals surface area contributed by atoms with Crippen LogP contribution in [0.1, 0.15) is 43.7 Å². The van der Waals surface area contributed by atoms with E-state index < -0.39 is 0 Å². The van der Waals surface area contributed by atoms with E-state index in [2.05, 4.69) is 41.0 Å². The third kappa shape index (κ3) is 9.66.